The first-order valence-electron chi connectivity index (χ1n) is 7.45. The molecule has 0 aliphatic heterocycles. The molecule has 9 heteroatoms. The lowest BCUT2D eigenvalue weighted by molar-refractivity contribution is 0.102. The number of aromatic nitrogens is 3. The first-order chi connectivity index (χ1) is 12.5. The second-order valence-electron chi connectivity index (χ2n) is 4.97. The summed E-state index contributed by atoms with van der Waals surface area (Å²) in [5, 5.41) is 10.8. The number of hydrogen-bond acceptors (Lipinski definition) is 6. The first-order valence-corrected chi connectivity index (χ1v) is 8.64. The SMILES string of the molecule is C\C=C/C=C(Cl)\C(=C\F)c1cc(C)ncc1C(=O)Nc1nnc(OC)s1. The molecule has 2 heterocycles. The van der Waals surface area contributed by atoms with Crippen LogP contribution in [0, 0.1) is 6.92 Å². The van der Waals surface area contributed by atoms with Crippen molar-refractivity contribution in [2.24, 2.45) is 0 Å². The molecule has 1 amide bonds. The highest BCUT2D eigenvalue weighted by molar-refractivity contribution is 7.17. The van der Waals surface area contributed by atoms with Crippen LogP contribution in [0.5, 0.6) is 5.19 Å². The van der Waals surface area contributed by atoms with E-state index in [1.54, 1.807) is 31.2 Å². The van der Waals surface area contributed by atoms with Crippen molar-refractivity contribution in [3.05, 3.63) is 58.7 Å². The molecule has 136 valence electrons. The van der Waals surface area contributed by atoms with Crippen LogP contribution in [0.25, 0.3) is 5.57 Å². The standard InChI is InChI=1S/C17H16ClFN4O2S/c1-4-5-6-14(18)12(8-19)11-7-10(2)20-9-13(11)15(24)21-16-22-23-17(25-3)26-16/h4-9H,1-3H3,(H,21,22,24)/b5-4-,12-8+,14-6+. The lowest BCUT2D eigenvalue weighted by Gasteiger charge is -2.11. The molecule has 0 aliphatic carbocycles. The van der Waals surface area contributed by atoms with Crippen molar-refractivity contribution >= 4 is 39.5 Å². The van der Waals surface area contributed by atoms with Crippen molar-refractivity contribution in [2.45, 2.75) is 13.8 Å². The van der Waals surface area contributed by atoms with E-state index >= 15 is 0 Å². The summed E-state index contributed by atoms with van der Waals surface area (Å²) in [5.74, 6) is -0.513. The third-order valence-electron chi connectivity index (χ3n) is 3.18. The molecule has 0 spiro atoms. The number of amides is 1. The van der Waals surface area contributed by atoms with E-state index in [-0.39, 0.29) is 21.3 Å². The maximum absolute atomic E-state index is 13.6. The summed E-state index contributed by atoms with van der Waals surface area (Å²) in [5.41, 5.74) is 1.17. The van der Waals surface area contributed by atoms with Crippen molar-refractivity contribution in [2.75, 3.05) is 12.4 Å². The third-order valence-corrected chi connectivity index (χ3v) is 4.31. The maximum Gasteiger partial charge on any atom is 0.295 e. The van der Waals surface area contributed by atoms with E-state index in [9.17, 15) is 9.18 Å². The Morgan fingerprint density at radius 1 is 1.38 bits per heavy atom. The minimum atomic E-state index is -0.513. The van der Waals surface area contributed by atoms with Gasteiger partial charge in [0.15, 0.2) is 0 Å². The van der Waals surface area contributed by atoms with E-state index in [0.717, 1.165) is 11.3 Å². The van der Waals surface area contributed by atoms with E-state index in [1.807, 2.05) is 6.92 Å². The molecule has 26 heavy (non-hydrogen) atoms. The fraction of sp³-hybridized carbons (Fsp3) is 0.176. The molecule has 1 N–H and O–H groups in total. The van der Waals surface area contributed by atoms with Gasteiger partial charge >= 0.3 is 0 Å². The fourth-order valence-electron chi connectivity index (χ4n) is 1.98. The molecule has 2 rings (SSSR count). The summed E-state index contributed by atoms with van der Waals surface area (Å²) in [6.45, 7) is 3.55. The van der Waals surface area contributed by atoms with Crippen molar-refractivity contribution in [3.63, 3.8) is 0 Å². The quantitative estimate of drug-likeness (QED) is 0.729. The summed E-state index contributed by atoms with van der Waals surface area (Å²) < 4.78 is 18.5. The van der Waals surface area contributed by atoms with Gasteiger partial charge in [-0.1, -0.05) is 28.9 Å². The molecule has 2 aromatic heterocycles. The number of carbonyl (C=O) groups excluding carboxylic acids is 1. The van der Waals surface area contributed by atoms with Crippen LogP contribution in [-0.4, -0.2) is 28.2 Å². The van der Waals surface area contributed by atoms with Gasteiger partial charge in [-0.2, -0.15) is 0 Å². The fourth-order valence-corrected chi connectivity index (χ4v) is 2.75. The molecule has 0 atom stereocenters. The minimum Gasteiger partial charge on any atom is -0.472 e. The van der Waals surface area contributed by atoms with Gasteiger partial charge in [0.25, 0.3) is 11.1 Å². The number of halogens is 2. The second kappa shape index (κ2) is 9.21. The van der Waals surface area contributed by atoms with Gasteiger partial charge in [-0.3, -0.25) is 15.1 Å². The number of allylic oxidation sites excluding steroid dienone is 5. The second-order valence-corrected chi connectivity index (χ2v) is 6.31. The van der Waals surface area contributed by atoms with Gasteiger partial charge in [0.2, 0.25) is 5.13 Å². The smallest absolute Gasteiger partial charge is 0.295 e. The largest absolute Gasteiger partial charge is 0.472 e. The van der Waals surface area contributed by atoms with E-state index in [2.05, 4.69) is 20.5 Å². The monoisotopic (exact) mass is 394 g/mol. The Morgan fingerprint density at radius 2 is 2.15 bits per heavy atom. The molecule has 0 aliphatic rings. The average molecular weight is 395 g/mol. The van der Waals surface area contributed by atoms with Crippen LogP contribution in [0.15, 0.2) is 41.9 Å². The van der Waals surface area contributed by atoms with Crippen LogP contribution < -0.4 is 10.1 Å². The van der Waals surface area contributed by atoms with E-state index < -0.39 is 5.91 Å². The molecule has 2 aromatic rings. The highest BCUT2D eigenvalue weighted by Crippen LogP contribution is 2.30. The predicted molar refractivity (Wildman–Crippen MR) is 101 cm³/mol. The third kappa shape index (κ3) is 4.74. The maximum atomic E-state index is 13.6. The molecular weight excluding hydrogens is 379 g/mol. The normalized spacial score (nSPS) is 12.5. The van der Waals surface area contributed by atoms with Gasteiger partial charge in [0.05, 0.1) is 24.0 Å². The van der Waals surface area contributed by atoms with Crippen LogP contribution in [-0.2, 0) is 0 Å². The van der Waals surface area contributed by atoms with Crippen molar-refractivity contribution in [1.82, 2.24) is 15.2 Å². The Bertz CT molecular complexity index is 893. The lowest BCUT2D eigenvalue weighted by Crippen LogP contribution is -2.15. The molecule has 0 radical (unpaired) electrons. The Labute approximate surface area is 159 Å². The van der Waals surface area contributed by atoms with Crippen molar-refractivity contribution in [3.8, 4) is 5.19 Å². The van der Waals surface area contributed by atoms with Crippen LogP contribution in [0.1, 0.15) is 28.5 Å². The van der Waals surface area contributed by atoms with E-state index in [1.165, 1.54) is 13.3 Å². The Morgan fingerprint density at radius 3 is 2.77 bits per heavy atom. The number of ether oxygens (including phenoxy) is 1. The highest BCUT2D eigenvalue weighted by atomic mass is 35.5. The summed E-state index contributed by atoms with van der Waals surface area (Å²) in [6, 6.07) is 1.59. The zero-order chi connectivity index (χ0) is 19.1. The number of aryl methyl sites for hydroxylation is 1. The molecular formula is C17H16ClFN4O2S. The molecule has 0 saturated carbocycles. The zero-order valence-corrected chi connectivity index (χ0v) is 15.9. The molecule has 0 bridgehead atoms. The number of pyridine rings is 1. The average Bonchev–Trinajstić information content (AvgIpc) is 3.08. The minimum absolute atomic E-state index is 0.0789. The van der Waals surface area contributed by atoms with E-state index in [4.69, 9.17) is 16.3 Å². The molecule has 0 saturated heterocycles. The number of anilines is 1. The van der Waals surface area contributed by atoms with Crippen molar-refractivity contribution < 1.29 is 13.9 Å². The first kappa shape index (κ1) is 19.7. The number of rotatable bonds is 6. The topological polar surface area (TPSA) is 77.0 Å². The van der Waals surface area contributed by atoms with Gasteiger partial charge in [-0.05, 0) is 37.3 Å². The predicted octanol–water partition coefficient (Wildman–Crippen LogP) is 4.51. The Hall–Kier alpha value is -2.58. The number of hydrogen-bond donors (Lipinski definition) is 1. The van der Waals surface area contributed by atoms with Crippen LogP contribution in [0.3, 0.4) is 0 Å². The van der Waals surface area contributed by atoms with Gasteiger partial charge in [-0.25, -0.2) is 4.39 Å². The summed E-state index contributed by atoms with van der Waals surface area (Å²) in [7, 11) is 1.45. The van der Waals surface area contributed by atoms with Gasteiger partial charge < -0.3 is 4.74 Å². The summed E-state index contributed by atoms with van der Waals surface area (Å²) in [6.07, 6.45) is 6.70. The van der Waals surface area contributed by atoms with Gasteiger partial charge in [0.1, 0.15) is 0 Å². The zero-order valence-electron chi connectivity index (χ0n) is 14.3. The number of methoxy groups -OCH3 is 1. The molecule has 0 aromatic carbocycles. The van der Waals surface area contributed by atoms with E-state index in [0.29, 0.717) is 22.8 Å². The summed E-state index contributed by atoms with van der Waals surface area (Å²) in [4.78, 5) is 16.7. The van der Waals surface area contributed by atoms with Crippen LogP contribution in [0.2, 0.25) is 0 Å². The lowest BCUT2D eigenvalue weighted by atomic mass is 10.0. The highest BCUT2D eigenvalue weighted by Gasteiger charge is 2.19. The number of nitrogens with one attached hydrogen (secondary N) is 1. The van der Waals surface area contributed by atoms with Gasteiger partial charge in [0, 0.05) is 23.0 Å². The van der Waals surface area contributed by atoms with Crippen LogP contribution >= 0.6 is 22.9 Å². The van der Waals surface area contributed by atoms with Crippen LogP contribution in [0.4, 0.5) is 9.52 Å². The molecule has 6 nitrogen and oxygen atoms in total. The molecule has 0 fully saturated rings. The van der Waals surface area contributed by atoms with Crippen molar-refractivity contribution in [1.29, 1.82) is 0 Å². The Balaban J connectivity index is 2.41. The Kier molecular flexibility index (Phi) is 6.99. The summed E-state index contributed by atoms with van der Waals surface area (Å²) >= 11 is 7.25. The number of nitrogens with zero attached hydrogens (tertiary/aromatic N) is 3. The number of carbonyl (C=O) groups is 1. The van der Waals surface area contributed by atoms with Gasteiger partial charge in [-0.15, -0.1) is 5.10 Å². The molecule has 0 unspecified atom stereocenters.